The van der Waals surface area contributed by atoms with E-state index in [-0.39, 0.29) is 11.5 Å². The van der Waals surface area contributed by atoms with Gasteiger partial charge in [-0.2, -0.15) is 0 Å². The molecule has 0 spiro atoms. The monoisotopic (exact) mass is 210 g/mol. The number of esters is 1. The predicted molar refractivity (Wildman–Crippen MR) is 56.8 cm³/mol. The summed E-state index contributed by atoms with van der Waals surface area (Å²) in [6.07, 6.45) is 1.63. The molecule has 0 saturated heterocycles. The molecule has 0 saturated carbocycles. The van der Waals surface area contributed by atoms with Crippen molar-refractivity contribution < 1.29 is 9.53 Å². The summed E-state index contributed by atoms with van der Waals surface area (Å²) in [7, 11) is 2.99. The van der Waals surface area contributed by atoms with Crippen LogP contribution in [0.25, 0.3) is 0 Å². The van der Waals surface area contributed by atoms with Gasteiger partial charge in [-0.25, -0.2) is 4.79 Å². The highest BCUT2D eigenvalue weighted by atomic mass is 16.5. The molecule has 1 N–H and O–H groups in total. The molecule has 1 rings (SSSR count). The van der Waals surface area contributed by atoms with E-state index in [2.05, 4.69) is 10.1 Å². The quantitative estimate of drug-likeness (QED) is 0.732. The van der Waals surface area contributed by atoms with Gasteiger partial charge in [0.25, 0.3) is 5.56 Å². The molecule has 0 fully saturated rings. The maximum absolute atomic E-state index is 11.3. The predicted octanol–water partition coefficient (Wildman–Crippen LogP) is 0.359. The van der Waals surface area contributed by atoms with Crippen LogP contribution < -0.4 is 10.9 Å². The van der Waals surface area contributed by atoms with Crippen molar-refractivity contribution in [1.82, 2.24) is 4.57 Å². The SMILES string of the molecule is COC(=O)C(C)Nc1ccn(C)c(=O)c1. The number of nitrogens with one attached hydrogen (secondary N) is 1. The molecule has 1 atom stereocenters. The molecule has 0 amide bonds. The zero-order valence-electron chi connectivity index (χ0n) is 8.98. The Kier molecular flexibility index (Phi) is 3.49. The number of aryl methyl sites for hydroxylation is 1. The first-order valence-electron chi connectivity index (χ1n) is 4.55. The molecule has 0 aromatic carbocycles. The molecule has 15 heavy (non-hydrogen) atoms. The highest BCUT2D eigenvalue weighted by Gasteiger charge is 2.12. The number of carbonyl (C=O) groups excluding carboxylic acids is 1. The van der Waals surface area contributed by atoms with Crippen molar-refractivity contribution in [2.75, 3.05) is 12.4 Å². The molecule has 0 aliphatic rings. The maximum Gasteiger partial charge on any atom is 0.327 e. The summed E-state index contributed by atoms with van der Waals surface area (Å²) >= 11 is 0. The highest BCUT2D eigenvalue weighted by molar-refractivity contribution is 5.78. The summed E-state index contributed by atoms with van der Waals surface area (Å²) < 4.78 is 6.01. The van der Waals surface area contributed by atoms with Crippen LogP contribution >= 0.6 is 0 Å². The fraction of sp³-hybridized carbons (Fsp3) is 0.400. The Morgan fingerprint density at radius 1 is 1.60 bits per heavy atom. The molecule has 1 aromatic rings. The minimum Gasteiger partial charge on any atom is -0.467 e. The van der Waals surface area contributed by atoms with Gasteiger partial charge in [0.15, 0.2) is 0 Å². The molecule has 1 heterocycles. The van der Waals surface area contributed by atoms with Gasteiger partial charge >= 0.3 is 5.97 Å². The van der Waals surface area contributed by atoms with Crippen LogP contribution in [-0.2, 0) is 16.6 Å². The van der Waals surface area contributed by atoms with E-state index in [4.69, 9.17) is 0 Å². The lowest BCUT2D eigenvalue weighted by atomic mass is 10.3. The van der Waals surface area contributed by atoms with Gasteiger partial charge in [-0.1, -0.05) is 0 Å². The Labute approximate surface area is 87.7 Å². The highest BCUT2D eigenvalue weighted by Crippen LogP contribution is 2.04. The number of nitrogens with zero attached hydrogens (tertiary/aromatic N) is 1. The van der Waals surface area contributed by atoms with Gasteiger partial charge in [-0.05, 0) is 13.0 Å². The van der Waals surface area contributed by atoms with E-state index in [1.165, 1.54) is 17.7 Å². The third kappa shape index (κ3) is 2.83. The van der Waals surface area contributed by atoms with Crippen LogP contribution in [0.3, 0.4) is 0 Å². The molecular weight excluding hydrogens is 196 g/mol. The summed E-state index contributed by atoms with van der Waals surface area (Å²) in [5.74, 6) is -0.365. The van der Waals surface area contributed by atoms with Crippen molar-refractivity contribution in [2.24, 2.45) is 7.05 Å². The topological polar surface area (TPSA) is 60.3 Å². The van der Waals surface area contributed by atoms with Crippen molar-refractivity contribution >= 4 is 11.7 Å². The number of rotatable bonds is 3. The van der Waals surface area contributed by atoms with Crippen LogP contribution in [0.2, 0.25) is 0 Å². The normalized spacial score (nSPS) is 11.9. The number of hydrogen-bond donors (Lipinski definition) is 1. The lowest BCUT2D eigenvalue weighted by molar-refractivity contribution is -0.141. The van der Waals surface area contributed by atoms with Crippen molar-refractivity contribution in [3.8, 4) is 0 Å². The molecule has 1 unspecified atom stereocenters. The van der Waals surface area contributed by atoms with Crippen molar-refractivity contribution in [2.45, 2.75) is 13.0 Å². The Morgan fingerprint density at radius 3 is 2.80 bits per heavy atom. The molecule has 1 aromatic heterocycles. The van der Waals surface area contributed by atoms with E-state index < -0.39 is 6.04 Å². The fourth-order valence-electron chi connectivity index (χ4n) is 1.12. The second-order valence-electron chi connectivity index (χ2n) is 3.25. The first-order valence-corrected chi connectivity index (χ1v) is 4.55. The zero-order valence-corrected chi connectivity index (χ0v) is 8.98. The second kappa shape index (κ2) is 4.63. The third-order valence-electron chi connectivity index (χ3n) is 2.04. The number of carbonyl (C=O) groups is 1. The largest absolute Gasteiger partial charge is 0.467 e. The summed E-state index contributed by atoms with van der Waals surface area (Å²) in [6.45, 7) is 1.67. The Hall–Kier alpha value is -1.78. The fourth-order valence-corrected chi connectivity index (χ4v) is 1.12. The van der Waals surface area contributed by atoms with E-state index in [0.717, 1.165) is 0 Å². The number of pyridine rings is 1. The second-order valence-corrected chi connectivity index (χ2v) is 3.25. The average Bonchev–Trinajstić information content (AvgIpc) is 2.22. The third-order valence-corrected chi connectivity index (χ3v) is 2.04. The van der Waals surface area contributed by atoms with Crippen LogP contribution in [0, 0.1) is 0 Å². The van der Waals surface area contributed by atoms with Crippen LogP contribution in [0.15, 0.2) is 23.1 Å². The lowest BCUT2D eigenvalue weighted by Gasteiger charge is -2.12. The van der Waals surface area contributed by atoms with Crippen LogP contribution in [0.5, 0.6) is 0 Å². The van der Waals surface area contributed by atoms with Gasteiger partial charge in [-0.3, -0.25) is 4.79 Å². The Balaban J connectivity index is 2.77. The summed E-state index contributed by atoms with van der Waals surface area (Å²) in [5, 5.41) is 2.87. The van der Waals surface area contributed by atoms with E-state index in [0.29, 0.717) is 5.69 Å². The molecule has 5 nitrogen and oxygen atoms in total. The smallest absolute Gasteiger partial charge is 0.327 e. The molecule has 0 radical (unpaired) electrons. The molecule has 0 bridgehead atoms. The first kappa shape index (κ1) is 11.3. The van der Waals surface area contributed by atoms with E-state index in [1.54, 1.807) is 26.2 Å². The van der Waals surface area contributed by atoms with E-state index in [9.17, 15) is 9.59 Å². The molecule has 5 heteroatoms. The van der Waals surface area contributed by atoms with Gasteiger partial charge < -0.3 is 14.6 Å². The van der Waals surface area contributed by atoms with Crippen LogP contribution in [0.1, 0.15) is 6.92 Å². The maximum atomic E-state index is 11.3. The Bertz CT molecular complexity index is 411. The Morgan fingerprint density at radius 2 is 2.27 bits per heavy atom. The summed E-state index contributed by atoms with van der Waals surface area (Å²) in [4.78, 5) is 22.4. The van der Waals surface area contributed by atoms with Gasteiger partial charge in [-0.15, -0.1) is 0 Å². The number of hydrogen-bond acceptors (Lipinski definition) is 4. The minimum absolute atomic E-state index is 0.128. The summed E-state index contributed by atoms with van der Waals surface area (Å²) in [5.41, 5.74) is 0.480. The number of aromatic nitrogens is 1. The number of anilines is 1. The molecule has 0 aliphatic heterocycles. The standard InChI is InChI=1S/C10H14N2O3/c1-7(10(14)15-3)11-8-4-5-12(2)9(13)6-8/h4-7,11H,1-3H3. The summed E-state index contributed by atoms with van der Waals surface area (Å²) in [6, 6.07) is 2.68. The van der Waals surface area contributed by atoms with E-state index in [1.807, 2.05) is 0 Å². The average molecular weight is 210 g/mol. The lowest BCUT2D eigenvalue weighted by Crippen LogP contribution is -2.28. The van der Waals surface area contributed by atoms with E-state index >= 15 is 0 Å². The minimum atomic E-state index is -0.470. The number of methoxy groups -OCH3 is 1. The zero-order chi connectivity index (χ0) is 11.4. The van der Waals surface area contributed by atoms with Crippen molar-refractivity contribution in [3.63, 3.8) is 0 Å². The van der Waals surface area contributed by atoms with Gasteiger partial charge in [0.2, 0.25) is 0 Å². The van der Waals surface area contributed by atoms with Crippen molar-refractivity contribution in [3.05, 3.63) is 28.7 Å². The van der Waals surface area contributed by atoms with Crippen LogP contribution in [0.4, 0.5) is 5.69 Å². The van der Waals surface area contributed by atoms with Crippen LogP contribution in [-0.4, -0.2) is 23.7 Å². The van der Waals surface area contributed by atoms with Crippen molar-refractivity contribution in [1.29, 1.82) is 0 Å². The van der Waals surface area contributed by atoms with Gasteiger partial charge in [0, 0.05) is 25.0 Å². The first-order chi connectivity index (χ1) is 7.04. The molecular formula is C10H14N2O3. The molecule has 82 valence electrons. The number of ether oxygens (including phenoxy) is 1. The molecule has 0 aliphatic carbocycles. The van der Waals surface area contributed by atoms with Gasteiger partial charge in [0.1, 0.15) is 6.04 Å². The van der Waals surface area contributed by atoms with Gasteiger partial charge in [0.05, 0.1) is 7.11 Å².